The number of nitrogens with two attached hydrogens (primary N) is 1. The standard InChI is InChI=1S/C12H6F3N5/c13-12(14,15)7-1-8(18)3-9(2-7)20-6-19-10(4-16)11(20)5-17/h1-3,6H,18H2. The molecule has 1 aromatic carbocycles. The Kier molecular flexibility index (Phi) is 3.08. The van der Waals surface area contributed by atoms with Crippen LogP contribution in [-0.4, -0.2) is 9.55 Å². The van der Waals surface area contributed by atoms with E-state index in [1.807, 2.05) is 0 Å². The Morgan fingerprint density at radius 1 is 1.15 bits per heavy atom. The highest BCUT2D eigenvalue weighted by molar-refractivity contribution is 5.54. The molecule has 0 aliphatic carbocycles. The van der Waals surface area contributed by atoms with Crippen molar-refractivity contribution in [3.05, 3.63) is 41.5 Å². The van der Waals surface area contributed by atoms with E-state index in [9.17, 15) is 13.2 Å². The molecule has 8 heteroatoms. The first-order valence-corrected chi connectivity index (χ1v) is 5.22. The smallest absolute Gasteiger partial charge is 0.399 e. The van der Waals surface area contributed by atoms with Crippen LogP contribution in [0.4, 0.5) is 18.9 Å². The van der Waals surface area contributed by atoms with Crippen LogP contribution < -0.4 is 5.73 Å². The Bertz CT molecular complexity index is 746. The minimum atomic E-state index is -4.56. The molecule has 20 heavy (non-hydrogen) atoms. The van der Waals surface area contributed by atoms with Crippen LogP contribution in [0.3, 0.4) is 0 Å². The summed E-state index contributed by atoms with van der Waals surface area (Å²) in [6.45, 7) is 0. The van der Waals surface area contributed by atoms with E-state index in [-0.39, 0.29) is 22.8 Å². The molecule has 0 unspecified atom stereocenters. The van der Waals surface area contributed by atoms with Gasteiger partial charge in [0.1, 0.15) is 18.5 Å². The zero-order valence-corrected chi connectivity index (χ0v) is 9.81. The molecule has 1 aromatic heterocycles. The van der Waals surface area contributed by atoms with Crippen molar-refractivity contribution in [2.24, 2.45) is 0 Å². The predicted molar refractivity (Wildman–Crippen MR) is 62.4 cm³/mol. The van der Waals surface area contributed by atoms with Gasteiger partial charge in [0, 0.05) is 5.69 Å². The molecule has 5 nitrogen and oxygen atoms in total. The van der Waals surface area contributed by atoms with Gasteiger partial charge in [0.2, 0.25) is 0 Å². The molecule has 0 aliphatic rings. The van der Waals surface area contributed by atoms with Gasteiger partial charge in [0.15, 0.2) is 11.4 Å². The van der Waals surface area contributed by atoms with Crippen molar-refractivity contribution >= 4 is 5.69 Å². The van der Waals surface area contributed by atoms with Crippen LogP contribution in [0.5, 0.6) is 0 Å². The van der Waals surface area contributed by atoms with Gasteiger partial charge in [-0.1, -0.05) is 0 Å². The average Bonchev–Trinajstić information content (AvgIpc) is 2.79. The molecule has 0 amide bonds. The number of halogens is 3. The largest absolute Gasteiger partial charge is 0.416 e. The number of rotatable bonds is 1. The second-order valence-corrected chi connectivity index (χ2v) is 3.85. The number of alkyl halides is 3. The fourth-order valence-electron chi connectivity index (χ4n) is 1.67. The maximum Gasteiger partial charge on any atom is 0.416 e. The highest BCUT2D eigenvalue weighted by Gasteiger charge is 2.31. The third-order valence-electron chi connectivity index (χ3n) is 2.52. The molecule has 2 aromatic rings. The van der Waals surface area contributed by atoms with Crippen LogP contribution in [0.15, 0.2) is 24.5 Å². The molecule has 0 fully saturated rings. The van der Waals surface area contributed by atoms with Crippen molar-refractivity contribution in [2.75, 3.05) is 5.73 Å². The molecule has 0 radical (unpaired) electrons. The zero-order valence-electron chi connectivity index (χ0n) is 9.81. The van der Waals surface area contributed by atoms with Gasteiger partial charge in [-0.2, -0.15) is 23.7 Å². The van der Waals surface area contributed by atoms with Crippen LogP contribution in [0.1, 0.15) is 17.0 Å². The quantitative estimate of drug-likeness (QED) is 0.809. The van der Waals surface area contributed by atoms with Gasteiger partial charge >= 0.3 is 6.18 Å². The Labute approximate surface area is 111 Å². The SMILES string of the molecule is N#Cc1ncn(-c2cc(N)cc(C(F)(F)F)c2)c1C#N. The van der Waals surface area contributed by atoms with E-state index in [2.05, 4.69) is 4.98 Å². The topological polar surface area (TPSA) is 91.4 Å². The minimum Gasteiger partial charge on any atom is -0.399 e. The molecule has 2 rings (SSSR count). The van der Waals surface area contributed by atoms with E-state index in [0.29, 0.717) is 0 Å². The number of anilines is 1. The van der Waals surface area contributed by atoms with Gasteiger partial charge in [-0.25, -0.2) is 4.98 Å². The number of nitrogens with zero attached hydrogens (tertiary/aromatic N) is 4. The fourth-order valence-corrected chi connectivity index (χ4v) is 1.67. The van der Waals surface area contributed by atoms with E-state index in [1.165, 1.54) is 6.07 Å². The lowest BCUT2D eigenvalue weighted by molar-refractivity contribution is -0.137. The molecule has 1 heterocycles. The first-order chi connectivity index (χ1) is 9.36. The van der Waals surface area contributed by atoms with Gasteiger partial charge in [0.25, 0.3) is 0 Å². The minimum absolute atomic E-state index is 0.0166. The Morgan fingerprint density at radius 2 is 1.85 bits per heavy atom. The lowest BCUT2D eigenvalue weighted by Crippen LogP contribution is -2.08. The van der Waals surface area contributed by atoms with Crippen molar-refractivity contribution in [2.45, 2.75) is 6.18 Å². The van der Waals surface area contributed by atoms with Gasteiger partial charge < -0.3 is 5.73 Å². The van der Waals surface area contributed by atoms with Crippen LogP contribution in [0.25, 0.3) is 5.69 Å². The van der Waals surface area contributed by atoms with E-state index in [1.54, 1.807) is 12.1 Å². The highest BCUT2D eigenvalue weighted by atomic mass is 19.4. The molecule has 0 aliphatic heterocycles. The number of imidazole rings is 1. The van der Waals surface area contributed by atoms with Gasteiger partial charge in [-0.15, -0.1) is 0 Å². The number of nitrogen functional groups attached to an aromatic ring is 1. The maximum absolute atomic E-state index is 12.7. The first-order valence-electron chi connectivity index (χ1n) is 5.22. The summed E-state index contributed by atoms with van der Waals surface area (Å²) in [6.07, 6.45) is -3.46. The third-order valence-corrected chi connectivity index (χ3v) is 2.52. The summed E-state index contributed by atoms with van der Waals surface area (Å²) in [4.78, 5) is 3.66. The monoisotopic (exact) mass is 277 g/mol. The van der Waals surface area contributed by atoms with Crippen LogP contribution in [-0.2, 0) is 6.18 Å². The second kappa shape index (κ2) is 4.59. The van der Waals surface area contributed by atoms with Crippen LogP contribution >= 0.6 is 0 Å². The molecule has 100 valence electrons. The van der Waals surface area contributed by atoms with Crippen molar-refractivity contribution in [3.63, 3.8) is 0 Å². The average molecular weight is 277 g/mol. The highest BCUT2D eigenvalue weighted by Crippen LogP contribution is 2.32. The normalized spacial score (nSPS) is 10.8. The summed E-state index contributed by atoms with van der Waals surface area (Å²) < 4.78 is 39.2. The fraction of sp³-hybridized carbons (Fsp3) is 0.0833. The lowest BCUT2D eigenvalue weighted by atomic mass is 10.1. The molecular weight excluding hydrogens is 271 g/mol. The van der Waals surface area contributed by atoms with E-state index < -0.39 is 11.7 Å². The van der Waals surface area contributed by atoms with E-state index >= 15 is 0 Å². The molecule has 2 N–H and O–H groups in total. The predicted octanol–water partition coefficient (Wildman–Crippen LogP) is 2.22. The van der Waals surface area contributed by atoms with Gasteiger partial charge in [-0.05, 0) is 18.2 Å². The molecule has 0 spiro atoms. The number of nitriles is 2. The molecule has 0 atom stereocenters. The summed E-state index contributed by atoms with van der Waals surface area (Å²) >= 11 is 0. The van der Waals surface area contributed by atoms with Crippen molar-refractivity contribution in [1.29, 1.82) is 10.5 Å². The van der Waals surface area contributed by atoms with Crippen molar-refractivity contribution in [1.82, 2.24) is 9.55 Å². The lowest BCUT2D eigenvalue weighted by Gasteiger charge is -2.11. The summed E-state index contributed by atoms with van der Waals surface area (Å²) in [5.74, 6) is 0. The number of hydrogen-bond acceptors (Lipinski definition) is 4. The number of benzene rings is 1. The van der Waals surface area contributed by atoms with Crippen LogP contribution in [0.2, 0.25) is 0 Å². The van der Waals surface area contributed by atoms with E-state index in [4.69, 9.17) is 16.3 Å². The molecule has 0 saturated carbocycles. The van der Waals surface area contributed by atoms with Gasteiger partial charge in [-0.3, -0.25) is 4.57 Å². The second-order valence-electron chi connectivity index (χ2n) is 3.85. The Balaban J connectivity index is 2.66. The summed E-state index contributed by atoms with van der Waals surface area (Å²) in [6, 6.07) is 6.30. The Hall–Kier alpha value is -3.00. The molecule has 0 saturated heterocycles. The van der Waals surface area contributed by atoms with Crippen molar-refractivity contribution < 1.29 is 13.2 Å². The van der Waals surface area contributed by atoms with Crippen LogP contribution in [0, 0.1) is 22.7 Å². The van der Waals surface area contributed by atoms with Crippen molar-refractivity contribution in [3.8, 4) is 17.8 Å². The first kappa shape index (κ1) is 13.4. The van der Waals surface area contributed by atoms with E-state index in [0.717, 1.165) is 23.0 Å². The number of hydrogen-bond donors (Lipinski definition) is 1. The molecular formula is C12H6F3N5. The summed E-state index contributed by atoms with van der Waals surface area (Å²) in [5.41, 5.74) is 4.10. The van der Waals surface area contributed by atoms with Gasteiger partial charge in [0.05, 0.1) is 11.3 Å². The Morgan fingerprint density at radius 3 is 2.40 bits per heavy atom. The summed E-state index contributed by atoms with van der Waals surface area (Å²) in [7, 11) is 0. The maximum atomic E-state index is 12.7. The third kappa shape index (κ3) is 2.27. The number of aromatic nitrogens is 2. The summed E-state index contributed by atoms with van der Waals surface area (Å²) in [5, 5.41) is 17.7. The molecule has 0 bridgehead atoms. The zero-order chi connectivity index (χ0) is 14.9.